The number of ketones is 1. The molecule has 0 aliphatic carbocycles. The third-order valence-electron chi connectivity index (χ3n) is 4.28. The maximum absolute atomic E-state index is 12.9. The van der Waals surface area contributed by atoms with E-state index in [2.05, 4.69) is 15.3 Å². The first-order chi connectivity index (χ1) is 12.3. The Morgan fingerprint density at radius 3 is 2.50 bits per heavy atom. The van der Waals surface area contributed by atoms with E-state index in [0.717, 1.165) is 12.4 Å². The summed E-state index contributed by atoms with van der Waals surface area (Å²) in [6.45, 7) is 4.42. The number of aromatic nitrogens is 2. The highest BCUT2D eigenvalue weighted by atomic mass is 19.1. The van der Waals surface area contributed by atoms with Crippen LogP contribution in [-0.4, -0.2) is 57.4 Å². The fraction of sp³-hybridized carbons (Fsp3) is 0.625. The number of carbonyl (C=O) groups is 2. The van der Waals surface area contributed by atoms with E-state index in [-0.39, 0.29) is 24.5 Å². The summed E-state index contributed by atoms with van der Waals surface area (Å²) >= 11 is 0. The van der Waals surface area contributed by atoms with Gasteiger partial charge in [-0.05, 0) is 18.8 Å². The van der Waals surface area contributed by atoms with Gasteiger partial charge in [-0.15, -0.1) is 0 Å². The monoisotopic (exact) mass is 366 g/mol. The van der Waals surface area contributed by atoms with Gasteiger partial charge in [0.1, 0.15) is 0 Å². The van der Waals surface area contributed by atoms with E-state index in [1.807, 2.05) is 13.8 Å². The quantitative estimate of drug-likeness (QED) is 0.531. The number of halogens is 1. The molecule has 2 heterocycles. The van der Waals surface area contributed by atoms with Gasteiger partial charge in [0, 0.05) is 19.4 Å². The molecule has 10 heteroatoms. The Hall–Kier alpha value is -2.07. The van der Waals surface area contributed by atoms with Gasteiger partial charge in [0.25, 0.3) is 0 Å². The second-order valence-corrected chi connectivity index (χ2v) is 6.88. The highest BCUT2D eigenvalue weighted by Gasteiger charge is 2.35. The molecule has 0 aromatic carbocycles. The zero-order valence-corrected chi connectivity index (χ0v) is 14.9. The molecule has 2 rings (SSSR count). The lowest BCUT2D eigenvalue weighted by molar-refractivity contribution is -0.126. The number of rotatable bonds is 9. The van der Waals surface area contributed by atoms with Crippen molar-refractivity contribution in [2.24, 2.45) is 5.92 Å². The highest BCUT2D eigenvalue weighted by molar-refractivity contribution is 6.43. The van der Waals surface area contributed by atoms with Crippen molar-refractivity contribution in [2.75, 3.05) is 11.4 Å². The molecule has 0 spiro atoms. The smallest absolute Gasteiger partial charge is 0.426 e. The molecule has 0 radical (unpaired) electrons. The van der Waals surface area contributed by atoms with Crippen LogP contribution in [0.2, 0.25) is 0 Å². The molecule has 1 amide bonds. The van der Waals surface area contributed by atoms with Gasteiger partial charge in [-0.3, -0.25) is 9.59 Å². The third-order valence-corrected chi connectivity index (χ3v) is 4.28. The summed E-state index contributed by atoms with van der Waals surface area (Å²) in [5, 5.41) is 21.2. The normalized spacial score (nSPS) is 17.6. The van der Waals surface area contributed by atoms with Crippen LogP contribution in [0.3, 0.4) is 0 Å². The minimum absolute atomic E-state index is 0.0319. The van der Waals surface area contributed by atoms with E-state index >= 15 is 0 Å². The van der Waals surface area contributed by atoms with E-state index < -0.39 is 30.8 Å². The SMILES string of the molecule is CC(C)CC(NC(=O)CCC(=O)[C@@H]1CCN1c1ncc(F)cn1)B(O)O. The zero-order valence-electron chi connectivity index (χ0n) is 14.9. The van der Waals surface area contributed by atoms with Crippen LogP contribution in [0.4, 0.5) is 10.3 Å². The lowest BCUT2D eigenvalue weighted by Gasteiger charge is -2.39. The number of hydrogen-bond donors (Lipinski definition) is 3. The molecular formula is C16H24BFN4O4. The number of hydrogen-bond acceptors (Lipinski definition) is 7. The van der Waals surface area contributed by atoms with Crippen molar-refractivity contribution in [3.05, 3.63) is 18.2 Å². The number of anilines is 1. The first kappa shape index (κ1) is 20.2. The van der Waals surface area contributed by atoms with Crippen LogP contribution < -0.4 is 10.2 Å². The number of amides is 1. The summed E-state index contributed by atoms with van der Waals surface area (Å²) in [5.74, 6) is -1.35. The van der Waals surface area contributed by atoms with E-state index in [4.69, 9.17) is 0 Å². The lowest BCUT2D eigenvalue weighted by atomic mass is 9.75. The van der Waals surface area contributed by atoms with Crippen LogP contribution in [0.25, 0.3) is 0 Å². The van der Waals surface area contributed by atoms with Gasteiger partial charge in [0.2, 0.25) is 11.9 Å². The molecule has 0 saturated carbocycles. The Morgan fingerprint density at radius 2 is 2.00 bits per heavy atom. The Labute approximate surface area is 152 Å². The van der Waals surface area contributed by atoms with Crippen LogP contribution in [0.1, 0.15) is 39.5 Å². The van der Waals surface area contributed by atoms with Crippen LogP contribution in [0, 0.1) is 11.7 Å². The Morgan fingerprint density at radius 1 is 1.35 bits per heavy atom. The van der Waals surface area contributed by atoms with E-state index in [9.17, 15) is 24.0 Å². The van der Waals surface area contributed by atoms with Gasteiger partial charge in [-0.1, -0.05) is 13.8 Å². The summed E-state index contributed by atoms with van der Waals surface area (Å²) in [6.07, 6.45) is 3.15. The molecule has 2 atom stereocenters. The average Bonchev–Trinajstić information content (AvgIpc) is 2.53. The number of nitrogens with zero attached hydrogens (tertiary/aromatic N) is 3. The molecule has 1 aromatic heterocycles. The molecule has 8 nitrogen and oxygen atoms in total. The van der Waals surface area contributed by atoms with Gasteiger partial charge in [0.05, 0.1) is 24.4 Å². The number of carbonyl (C=O) groups excluding carboxylic acids is 2. The minimum Gasteiger partial charge on any atom is -0.426 e. The minimum atomic E-state index is -1.64. The molecule has 1 aromatic rings. The second-order valence-electron chi connectivity index (χ2n) is 6.88. The second kappa shape index (κ2) is 9.04. The molecule has 26 heavy (non-hydrogen) atoms. The highest BCUT2D eigenvalue weighted by Crippen LogP contribution is 2.24. The van der Waals surface area contributed by atoms with Crippen LogP contribution in [0.5, 0.6) is 0 Å². The summed E-state index contributed by atoms with van der Waals surface area (Å²) < 4.78 is 12.9. The van der Waals surface area contributed by atoms with Crippen molar-refractivity contribution in [1.29, 1.82) is 0 Å². The lowest BCUT2D eigenvalue weighted by Crippen LogP contribution is -2.53. The maximum Gasteiger partial charge on any atom is 0.475 e. The summed E-state index contributed by atoms with van der Waals surface area (Å²) in [7, 11) is -1.64. The third kappa shape index (κ3) is 5.47. The predicted molar refractivity (Wildman–Crippen MR) is 93.6 cm³/mol. The molecule has 1 aliphatic rings. The van der Waals surface area contributed by atoms with Crippen LogP contribution in [0.15, 0.2) is 12.4 Å². The first-order valence-electron chi connectivity index (χ1n) is 8.70. The average molecular weight is 366 g/mol. The van der Waals surface area contributed by atoms with E-state index in [0.29, 0.717) is 25.3 Å². The standard InChI is InChI=1S/C16H24BFN4O4/c1-10(2)7-14(17(25)26)21-15(24)4-3-13(23)12-5-6-22(12)16-19-8-11(18)9-20-16/h8-10,12,14,25-26H,3-7H2,1-2H3,(H,21,24)/t12-,14?/m0/s1. The van der Waals surface area contributed by atoms with E-state index in [1.54, 1.807) is 4.90 Å². The van der Waals surface area contributed by atoms with E-state index in [1.165, 1.54) is 0 Å². The molecule has 0 bridgehead atoms. The van der Waals surface area contributed by atoms with Gasteiger partial charge in [-0.2, -0.15) is 0 Å². The summed E-state index contributed by atoms with van der Waals surface area (Å²) in [4.78, 5) is 33.7. The molecule has 1 fully saturated rings. The predicted octanol–water partition coefficient (Wildman–Crippen LogP) is 0.0866. The van der Waals surface area contributed by atoms with Crippen molar-refractivity contribution in [3.8, 4) is 0 Å². The first-order valence-corrected chi connectivity index (χ1v) is 8.70. The Balaban J connectivity index is 1.82. The maximum atomic E-state index is 12.9. The summed E-state index contributed by atoms with van der Waals surface area (Å²) in [6, 6.07) is -0.414. The number of Topliss-reactive ketones (excluding diaryl/α,β-unsaturated/α-hetero) is 1. The van der Waals surface area contributed by atoms with Gasteiger partial charge < -0.3 is 20.3 Å². The van der Waals surface area contributed by atoms with Gasteiger partial charge in [-0.25, -0.2) is 14.4 Å². The Kier molecular flexibility index (Phi) is 7.04. The van der Waals surface area contributed by atoms with Crippen LogP contribution in [-0.2, 0) is 9.59 Å². The largest absolute Gasteiger partial charge is 0.475 e. The van der Waals surface area contributed by atoms with Crippen molar-refractivity contribution < 1.29 is 24.0 Å². The van der Waals surface area contributed by atoms with Crippen molar-refractivity contribution in [1.82, 2.24) is 15.3 Å². The zero-order chi connectivity index (χ0) is 19.3. The molecule has 1 unspecified atom stereocenters. The van der Waals surface area contributed by atoms with Crippen molar-refractivity contribution in [2.45, 2.75) is 51.5 Å². The Bertz CT molecular complexity index is 629. The van der Waals surface area contributed by atoms with Gasteiger partial charge >= 0.3 is 7.12 Å². The topological polar surface area (TPSA) is 116 Å². The molecule has 142 valence electrons. The van der Waals surface area contributed by atoms with Gasteiger partial charge in [0.15, 0.2) is 11.6 Å². The van der Waals surface area contributed by atoms with Crippen molar-refractivity contribution in [3.63, 3.8) is 0 Å². The fourth-order valence-corrected chi connectivity index (χ4v) is 2.86. The molecule has 1 aliphatic heterocycles. The molecule has 3 N–H and O–H groups in total. The molecule has 1 saturated heterocycles. The fourth-order valence-electron chi connectivity index (χ4n) is 2.86. The van der Waals surface area contributed by atoms with Crippen molar-refractivity contribution >= 4 is 24.8 Å². The number of nitrogens with one attached hydrogen (secondary N) is 1. The summed E-state index contributed by atoms with van der Waals surface area (Å²) in [5.41, 5.74) is 0. The molecular weight excluding hydrogens is 342 g/mol. The van der Waals surface area contributed by atoms with Crippen LogP contribution >= 0.6 is 0 Å².